The summed E-state index contributed by atoms with van der Waals surface area (Å²) in [5.41, 5.74) is 11.4. The van der Waals surface area contributed by atoms with Gasteiger partial charge in [-0.25, -0.2) is 0 Å². The summed E-state index contributed by atoms with van der Waals surface area (Å²) in [6.07, 6.45) is 5.70. The van der Waals surface area contributed by atoms with E-state index in [0.29, 0.717) is 71.0 Å². The third-order valence-electron chi connectivity index (χ3n) is 7.40. The Hall–Kier alpha value is -2.57. The van der Waals surface area contributed by atoms with Gasteiger partial charge in [-0.15, -0.1) is 0 Å². The van der Waals surface area contributed by atoms with Crippen LogP contribution in [0.2, 0.25) is 0 Å². The van der Waals surface area contributed by atoms with Gasteiger partial charge in [0.1, 0.15) is 30.5 Å². The third-order valence-corrected chi connectivity index (χ3v) is 7.40. The number of aliphatic hydroxyl groups is 1. The van der Waals surface area contributed by atoms with E-state index in [0.717, 1.165) is 19.1 Å². The molecule has 4 amide bonds. The van der Waals surface area contributed by atoms with Crippen LogP contribution in [-0.2, 0) is 24.0 Å². The number of carbonyl (C=O) groups excluding carboxylic acids is 5. The van der Waals surface area contributed by atoms with Crippen LogP contribution in [0.3, 0.4) is 0 Å². The highest BCUT2D eigenvalue weighted by Crippen LogP contribution is 2.26. The second kappa shape index (κ2) is 15.7. The predicted molar refractivity (Wildman–Crippen MR) is 141 cm³/mol. The van der Waals surface area contributed by atoms with Gasteiger partial charge in [-0.1, -0.05) is 19.8 Å². The fraction of sp³-hybridized carbons (Fsp3) is 0.808. The van der Waals surface area contributed by atoms with Crippen LogP contribution in [0.5, 0.6) is 0 Å². The SMILES string of the molecule is CCCC[C@@H](C=O)NC(=O)[C@@H]1CCCN1C(=O)[C@@H]1CCCN1C(=O)C(CCCCN)NC(=O)[C@@H](N)[C@@H](C)O. The van der Waals surface area contributed by atoms with Crippen LogP contribution in [0, 0.1) is 0 Å². The van der Waals surface area contributed by atoms with Gasteiger partial charge in [0.25, 0.3) is 0 Å². The fourth-order valence-electron chi connectivity index (χ4n) is 5.10. The van der Waals surface area contributed by atoms with Crippen molar-refractivity contribution in [3.63, 3.8) is 0 Å². The maximum Gasteiger partial charge on any atom is 0.246 e. The lowest BCUT2D eigenvalue weighted by atomic mass is 10.1. The lowest BCUT2D eigenvalue weighted by Crippen LogP contribution is -2.58. The number of rotatable bonds is 15. The molecule has 2 saturated heterocycles. The predicted octanol–water partition coefficient (Wildman–Crippen LogP) is -0.836. The standard InChI is InChI=1S/C26H46N6O6/c1-3-4-9-18(16-33)29-23(35)20-11-7-14-31(20)26(38)21-12-8-15-32(21)25(37)19(10-5-6-13-27)30-24(36)22(28)17(2)34/h16-22,34H,3-15,27-28H2,1-2H3,(H,29,35)(H,30,36)/t17-,18+,19?,20+,21+,22+/m1/s1. The molecule has 1 unspecified atom stereocenters. The molecule has 7 N–H and O–H groups in total. The number of nitrogens with two attached hydrogens (primary N) is 2. The first-order valence-corrected chi connectivity index (χ1v) is 14.0. The summed E-state index contributed by atoms with van der Waals surface area (Å²) in [7, 11) is 0. The van der Waals surface area contributed by atoms with Crippen molar-refractivity contribution in [1.29, 1.82) is 0 Å². The van der Waals surface area contributed by atoms with Gasteiger partial charge in [-0.05, 0) is 64.8 Å². The Bertz CT molecular complexity index is 824. The maximum absolute atomic E-state index is 13.6. The minimum absolute atomic E-state index is 0.294. The molecular formula is C26H46N6O6. The van der Waals surface area contributed by atoms with Gasteiger partial charge < -0.3 is 41.8 Å². The number of hydrogen-bond donors (Lipinski definition) is 5. The second-order valence-corrected chi connectivity index (χ2v) is 10.4. The Morgan fingerprint density at radius 2 is 1.66 bits per heavy atom. The lowest BCUT2D eigenvalue weighted by molar-refractivity contribution is -0.148. The van der Waals surface area contributed by atoms with Crippen LogP contribution in [-0.4, -0.2) is 101 Å². The number of aldehydes is 1. The van der Waals surface area contributed by atoms with Crippen LogP contribution in [0.1, 0.15) is 78.1 Å². The summed E-state index contributed by atoms with van der Waals surface area (Å²) >= 11 is 0. The van der Waals surface area contributed by atoms with Gasteiger partial charge >= 0.3 is 0 Å². The minimum atomic E-state index is -1.19. The Labute approximate surface area is 225 Å². The number of unbranched alkanes of at least 4 members (excludes halogenated alkanes) is 2. The molecule has 216 valence electrons. The summed E-state index contributed by atoms with van der Waals surface area (Å²) in [5.74, 6) is -1.67. The molecular weight excluding hydrogens is 492 g/mol. The van der Waals surface area contributed by atoms with E-state index in [9.17, 15) is 29.1 Å². The number of aliphatic hydroxyl groups excluding tert-OH is 1. The number of amides is 4. The average molecular weight is 539 g/mol. The molecule has 38 heavy (non-hydrogen) atoms. The third kappa shape index (κ3) is 8.47. The number of likely N-dealkylation sites (tertiary alicyclic amines) is 2. The zero-order valence-electron chi connectivity index (χ0n) is 22.8. The molecule has 0 bridgehead atoms. The Balaban J connectivity index is 2.13. The number of nitrogens with one attached hydrogen (secondary N) is 2. The Morgan fingerprint density at radius 3 is 2.26 bits per heavy atom. The summed E-state index contributed by atoms with van der Waals surface area (Å²) in [6, 6.07) is -4.11. The highest BCUT2D eigenvalue weighted by molar-refractivity contribution is 5.95. The first-order valence-electron chi connectivity index (χ1n) is 14.0. The van der Waals surface area contributed by atoms with E-state index >= 15 is 0 Å². The van der Waals surface area contributed by atoms with Gasteiger partial charge in [-0.2, -0.15) is 0 Å². The van der Waals surface area contributed by atoms with Crippen LogP contribution in [0.25, 0.3) is 0 Å². The van der Waals surface area contributed by atoms with E-state index in [-0.39, 0.29) is 17.7 Å². The van der Waals surface area contributed by atoms with E-state index in [2.05, 4.69) is 10.6 Å². The molecule has 2 aliphatic heterocycles. The van der Waals surface area contributed by atoms with E-state index in [1.54, 1.807) is 0 Å². The molecule has 12 nitrogen and oxygen atoms in total. The summed E-state index contributed by atoms with van der Waals surface area (Å²) < 4.78 is 0. The zero-order chi connectivity index (χ0) is 28.2. The fourth-order valence-corrected chi connectivity index (χ4v) is 5.10. The Kier molecular flexibility index (Phi) is 13.1. The number of hydrogen-bond acceptors (Lipinski definition) is 8. The monoisotopic (exact) mass is 538 g/mol. The van der Waals surface area contributed by atoms with E-state index in [1.165, 1.54) is 16.7 Å². The molecule has 0 aliphatic carbocycles. The smallest absolute Gasteiger partial charge is 0.246 e. The maximum atomic E-state index is 13.6. The normalized spacial score (nSPS) is 22.4. The van der Waals surface area contributed by atoms with Crippen LogP contribution < -0.4 is 22.1 Å². The molecule has 0 radical (unpaired) electrons. The van der Waals surface area contributed by atoms with Crippen molar-refractivity contribution in [2.45, 2.75) is 114 Å². The topological polar surface area (TPSA) is 188 Å². The van der Waals surface area contributed by atoms with Crippen molar-refractivity contribution in [3.8, 4) is 0 Å². The first-order chi connectivity index (χ1) is 18.2. The van der Waals surface area contributed by atoms with Gasteiger partial charge in [0.15, 0.2) is 0 Å². The van der Waals surface area contributed by atoms with Gasteiger partial charge in [0.2, 0.25) is 23.6 Å². The lowest BCUT2D eigenvalue weighted by Gasteiger charge is -2.33. The van der Waals surface area contributed by atoms with Crippen molar-refractivity contribution in [1.82, 2.24) is 20.4 Å². The zero-order valence-corrected chi connectivity index (χ0v) is 22.8. The van der Waals surface area contributed by atoms with E-state index in [1.807, 2.05) is 6.92 Å². The van der Waals surface area contributed by atoms with E-state index < -0.39 is 42.2 Å². The van der Waals surface area contributed by atoms with Crippen LogP contribution in [0.15, 0.2) is 0 Å². The highest BCUT2D eigenvalue weighted by Gasteiger charge is 2.43. The van der Waals surface area contributed by atoms with Crippen LogP contribution in [0.4, 0.5) is 0 Å². The summed E-state index contributed by atoms with van der Waals surface area (Å²) in [4.78, 5) is 67.2. The molecule has 6 atom stereocenters. The molecule has 0 aromatic heterocycles. The molecule has 2 aliphatic rings. The molecule has 0 aromatic rings. The highest BCUT2D eigenvalue weighted by atomic mass is 16.3. The van der Waals surface area contributed by atoms with Crippen molar-refractivity contribution < 1.29 is 29.1 Å². The van der Waals surface area contributed by atoms with Gasteiger partial charge in [0.05, 0.1) is 12.1 Å². The molecule has 2 heterocycles. The van der Waals surface area contributed by atoms with Crippen LogP contribution >= 0.6 is 0 Å². The van der Waals surface area contributed by atoms with Crippen molar-refractivity contribution in [2.24, 2.45) is 11.5 Å². The largest absolute Gasteiger partial charge is 0.391 e. The first kappa shape index (κ1) is 31.6. The Morgan fingerprint density at radius 1 is 1.00 bits per heavy atom. The average Bonchev–Trinajstić information content (AvgIpc) is 3.59. The molecule has 2 fully saturated rings. The summed E-state index contributed by atoms with van der Waals surface area (Å²) in [6.45, 7) is 4.60. The summed E-state index contributed by atoms with van der Waals surface area (Å²) in [5, 5.41) is 15.1. The molecule has 0 spiro atoms. The second-order valence-electron chi connectivity index (χ2n) is 10.4. The number of carbonyl (C=O) groups is 5. The van der Waals surface area contributed by atoms with Gasteiger partial charge in [0, 0.05) is 13.1 Å². The molecule has 0 saturated carbocycles. The van der Waals surface area contributed by atoms with Gasteiger partial charge in [-0.3, -0.25) is 19.2 Å². The van der Waals surface area contributed by atoms with E-state index in [4.69, 9.17) is 11.5 Å². The van der Waals surface area contributed by atoms with Crippen molar-refractivity contribution >= 4 is 29.9 Å². The molecule has 0 aromatic carbocycles. The molecule has 2 rings (SSSR count). The molecule has 12 heteroatoms. The van der Waals surface area contributed by atoms with Crippen molar-refractivity contribution in [3.05, 3.63) is 0 Å². The van der Waals surface area contributed by atoms with Crippen molar-refractivity contribution in [2.75, 3.05) is 19.6 Å². The quantitative estimate of drug-likeness (QED) is 0.132. The minimum Gasteiger partial charge on any atom is -0.391 e. The number of nitrogens with zero attached hydrogens (tertiary/aromatic N) is 2.